The summed E-state index contributed by atoms with van der Waals surface area (Å²) in [6, 6.07) is 0.732. The van der Waals surface area contributed by atoms with Crippen LogP contribution in [0.15, 0.2) is 0 Å². The van der Waals surface area contributed by atoms with Crippen molar-refractivity contribution in [2.24, 2.45) is 5.73 Å². The molecule has 5 heteroatoms. The first-order valence-electron chi connectivity index (χ1n) is 8.03. The highest BCUT2D eigenvalue weighted by Gasteiger charge is 2.28. The van der Waals surface area contributed by atoms with Crippen molar-refractivity contribution in [1.29, 1.82) is 0 Å². The molecule has 1 saturated heterocycles. The fourth-order valence-corrected chi connectivity index (χ4v) is 3.09. The number of carbonyl (C=O) groups is 1. The fraction of sp³-hybridized carbons (Fsp3) is 0.933. The van der Waals surface area contributed by atoms with Gasteiger partial charge in [-0.05, 0) is 27.3 Å². The Balaban J connectivity index is 2.56. The predicted molar refractivity (Wildman–Crippen MR) is 83.7 cm³/mol. The van der Waals surface area contributed by atoms with Gasteiger partial charge in [0.05, 0.1) is 0 Å². The van der Waals surface area contributed by atoms with E-state index in [0.29, 0.717) is 19.0 Å². The second-order valence-corrected chi connectivity index (χ2v) is 5.63. The van der Waals surface area contributed by atoms with Crippen LogP contribution >= 0.6 is 0 Å². The second kappa shape index (κ2) is 8.60. The van der Waals surface area contributed by atoms with Crippen molar-refractivity contribution in [3.63, 3.8) is 0 Å². The van der Waals surface area contributed by atoms with Crippen molar-refractivity contribution >= 4 is 5.91 Å². The molecule has 1 aliphatic heterocycles. The van der Waals surface area contributed by atoms with Gasteiger partial charge in [0, 0.05) is 57.8 Å². The highest BCUT2D eigenvalue weighted by atomic mass is 16.2. The Kier molecular flexibility index (Phi) is 7.48. The Morgan fingerprint density at radius 1 is 1.30 bits per heavy atom. The molecule has 0 spiro atoms. The number of nitrogens with two attached hydrogens (primary N) is 1. The van der Waals surface area contributed by atoms with Gasteiger partial charge in [-0.15, -0.1) is 0 Å². The van der Waals surface area contributed by atoms with Crippen LogP contribution in [0.2, 0.25) is 0 Å². The number of piperazine rings is 1. The standard InChI is InChI=1S/C15H32N4O/c1-5-17(6-2)15(20)10-14(11-16)19-9-8-18(7-3)13(4)12-19/h13-14H,5-12,16H2,1-4H3. The number of likely N-dealkylation sites (N-methyl/N-ethyl adjacent to an activating group) is 1. The molecule has 0 radical (unpaired) electrons. The SMILES string of the molecule is CCN(CC)C(=O)CC(CN)N1CCN(CC)C(C)C1. The Morgan fingerprint density at radius 2 is 1.95 bits per heavy atom. The minimum Gasteiger partial charge on any atom is -0.343 e. The molecular formula is C15H32N4O. The lowest BCUT2D eigenvalue weighted by Crippen LogP contribution is -2.57. The lowest BCUT2D eigenvalue weighted by Gasteiger charge is -2.42. The summed E-state index contributed by atoms with van der Waals surface area (Å²) in [5.74, 6) is 0.232. The Bertz CT molecular complexity index is 294. The van der Waals surface area contributed by atoms with Crippen LogP contribution in [0.3, 0.4) is 0 Å². The number of nitrogens with zero attached hydrogens (tertiary/aromatic N) is 3. The number of carbonyl (C=O) groups excluding carboxylic acids is 1. The number of hydrogen-bond donors (Lipinski definition) is 1. The lowest BCUT2D eigenvalue weighted by atomic mass is 10.1. The van der Waals surface area contributed by atoms with Crippen LogP contribution in [0.25, 0.3) is 0 Å². The molecule has 0 aliphatic carbocycles. The molecule has 1 rings (SSSR count). The summed E-state index contributed by atoms with van der Waals surface area (Å²) in [6.45, 7) is 14.9. The van der Waals surface area contributed by atoms with Crippen LogP contribution in [0.1, 0.15) is 34.1 Å². The van der Waals surface area contributed by atoms with Crippen molar-refractivity contribution in [2.75, 3.05) is 45.8 Å². The minimum absolute atomic E-state index is 0.185. The van der Waals surface area contributed by atoms with Gasteiger partial charge in [0.25, 0.3) is 0 Å². The zero-order valence-corrected chi connectivity index (χ0v) is 13.6. The zero-order valence-electron chi connectivity index (χ0n) is 13.6. The quantitative estimate of drug-likeness (QED) is 0.744. The Labute approximate surface area is 124 Å². The average Bonchev–Trinajstić information content (AvgIpc) is 2.46. The van der Waals surface area contributed by atoms with Crippen LogP contribution in [0.5, 0.6) is 0 Å². The number of rotatable bonds is 7. The summed E-state index contributed by atoms with van der Waals surface area (Å²) in [7, 11) is 0. The molecule has 1 aliphatic rings. The van der Waals surface area contributed by atoms with Crippen LogP contribution < -0.4 is 5.73 Å². The summed E-state index contributed by atoms with van der Waals surface area (Å²) in [5, 5.41) is 0. The maximum absolute atomic E-state index is 12.3. The summed E-state index contributed by atoms with van der Waals surface area (Å²) in [4.78, 5) is 19.0. The van der Waals surface area contributed by atoms with Crippen LogP contribution in [-0.4, -0.2) is 78.5 Å². The van der Waals surface area contributed by atoms with Gasteiger partial charge >= 0.3 is 0 Å². The highest BCUT2D eigenvalue weighted by Crippen LogP contribution is 2.14. The van der Waals surface area contributed by atoms with Gasteiger partial charge in [0.2, 0.25) is 5.91 Å². The van der Waals surface area contributed by atoms with E-state index < -0.39 is 0 Å². The molecule has 1 heterocycles. The molecule has 2 N–H and O–H groups in total. The predicted octanol–water partition coefficient (Wildman–Crippen LogP) is 0.598. The van der Waals surface area contributed by atoms with Gasteiger partial charge in [-0.3, -0.25) is 14.6 Å². The molecule has 0 bridgehead atoms. The molecule has 1 amide bonds. The van der Waals surface area contributed by atoms with Gasteiger partial charge < -0.3 is 10.6 Å². The summed E-state index contributed by atoms with van der Waals surface area (Å²) in [5.41, 5.74) is 5.92. The molecule has 0 saturated carbocycles. The Morgan fingerprint density at radius 3 is 2.40 bits per heavy atom. The smallest absolute Gasteiger partial charge is 0.224 e. The second-order valence-electron chi connectivity index (χ2n) is 5.63. The number of hydrogen-bond acceptors (Lipinski definition) is 4. The summed E-state index contributed by atoms with van der Waals surface area (Å²) < 4.78 is 0. The first kappa shape index (κ1) is 17.4. The van der Waals surface area contributed by atoms with E-state index in [1.807, 2.05) is 18.7 Å². The Hall–Kier alpha value is -0.650. The van der Waals surface area contributed by atoms with Gasteiger partial charge in [-0.1, -0.05) is 6.92 Å². The van der Waals surface area contributed by atoms with Crippen molar-refractivity contribution in [3.8, 4) is 0 Å². The van der Waals surface area contributed by atoms with Crippen LogP contribution in [0.4, 0.5) is 0 Å². The van der Waals surface area contributed by atoms with E-state index in [1.165, 1.54) is 0 Å². The minimum atomic E-state index is 0.185. The molecular weight excluding hydrogens is 252 g/mol. The van der Waals surface area contributed by atoms with E-state index in [9.17, 15) is 4.79 Å². The van der Waals surface area contributed by atoms with Gasteiger partial charge in [0.1, 0.15) is 0 Å². The first-order chi connectivity index (χ1) is 9.57. The molecule has 1 fully saturated rings. The lowest BCUT2D eigenvalue weighted by molar-refractivity contribution is -0.132. The monoisotopic (exact) mass is 284 g/mol. The van der Waals surface area contributed by atoms with Crippen molar-refractivity contribution in [1.82, 2.24) is 14.7 Å². The third-order valence-electron chi connectivity index (χ3n) is 4.52. The molecule has 0 aromatic heterocycles. The van der Waals surface area contributed by atoms with E-state index in [2.05, 4.69) is 23.6 Å². The zero-order chi connectivity index (χ0) is 15.1. The molecule has 118 valence electrons. The normalized spacial score (nSPS) is 22.8. The molecule has 20 heavy (non-hydrogen) atoms. The van der Waals surface area contributed by atoms with Crippen molar-refractivity contribution in [2.45, 2.75) is 46.2 Å². The van der Waals surface area contributed by atoms with E-state index in [-0.39, 0.29) is 11.9 Å². The average molecular weight is 284 g/mol. The van der Waals surface area contributed by atoms with Crippen LogP contribution in [0, 0.1) is 0 Å². The topological polar surface area (TPSA) is 52.8 Å². The highest BCUT2D eigenvalue weighted by molar-refractivity contribution is 5.76. The maximum atomic E-state index is 12.3. The van der Waals surface area contributed by atoms with E-state index in [1.54, 1.807) is 0 Å². The molecule has 2 atom stereocenters. The van der Waals surface area contributed by atoms with Gasteiger partial charge in [0.15, 0.2) is 0 Å². The van der Waals surface area contributed by atoms with Gasteiger partial charge in [-0.25, -0.2) is 0 Å². The van der Waals surface area contributed by atoms with E-state index in [4.69, 9.17) is 5.73 Å². The van der Waals surface area contributed by atoms with E-state index >= 15 is 0 Å². The maximum Gasteiger partial charge on any atom is 0.224 e. The molecule has 0 aromatic rings. The molecule has 5 nitrogen and oxygen atoms in total. The van der Waals surface area contributed by atoms with E-state index in [0.717, 1.165) is 39.3 Å². The summed E-state index contributed by atoms with van der Waals surface area (Å²) >= 11 is 0. The van der Waals surface area contributed by atoms with Crippen molar-refractivity contribution < 1.29 is 4.79 Å². The molecule has 2 unspecified atom stereocenters. The first-order valence-corrected chi connectivity index (χ1v) is 8.03. The van der Waals surface area contributed by atoms with Crippen molar-refractivity contribution in [3.05, 3.63) is 0 Å². The van der Waals surface area contributed by atoms with Crippen LogP contribution in [-0.2, 0) is 4.79 Å². The number of amides is 1. The molecule has 0 aromatic carbocycles. The van der Waals surface area contributed by atoms with Gasteiger partial charge in [-0.2, -0.15) is 0 Å². The third-order valence-corrected chi connectivity index (χ3v) is 4.52. The third kappa shape index (κ3) is 4.43. The largest absolute Gasteiger partial charge is 0.343 e. The fourth-order valence-electron chi connectivity index (χ4n) is 3.09. The summed E-state index contributed by atoms with van der Waals surface area (Å²) in [6.07, 6.45) is 0.553.